The molecule has 4 amide bonds. The highest BCUT2D eigenvalue weighted by Crippen LogP contribution is 2.19. The van der Waals surface area contributed by atoms with E-state index in [0.717, 1.165) is 11.1 Å². The van der Waals surface area contributed by atoms with Gasteiger partial charge >= 0.3 is 24.2 Å². The average Bonchev–Trinajstić information content (AvgIpc) is 3.89. The summed E-state index contributed by atoms with van der Waals surface area (Å²) in [7, 11) is 8.48. The van der Waals surface area contributed by atoms with Crippen LogP contribution in [0.5, 0.6) is 0 Å². The number of H-pyrrole nitrogens is 3. The molecule has 3 aromatic heterocycles. The van der Waals surface area contributed by atoms with Crippen LogP contribution in [0.3, 0.4) is 0 Å². The third-order valence-electron chi connectivity index (χ3n) is 7.03. The number of benzene rings is 3. The Bertz CT molecular complexity index is 2280. The first-order chi connectivity index (χ1) is 25.9. The highest BCUT2D eigenvalue weighted by Gasteiger charge is 2.13. The first-order valence-corrected chi connectivity index (χ1v) is 15.5. The maximum absolute atomic E-state index is 11.8. The lowest BCUT2D eigenvalue weighted by molar-refractivity contribution is -0.252. The lowest BCUT2D eigenvalue weighted by Crippen LogP contribution is -2.21. The van der Waals surface area contributed by atoms with Gasteiger partial charge in [-0.2, -0.15) is 0 Å². The van der Waals surface area contributed by atoms with Gasteiger partial charge in [-0.3, -0.25) is 26.0 Å². The molecule has 6 aromatic rings. The second-order valence-electron chi connectivity index (χ2n) is 10.9. The number of hydrogen-bond donors (Lipinski definition) is 7. The van der Waals surface area contributed by atoms with Gasteiger partial charge < -0.3 is 38.8 Å². The molecule has 6 rings (SSSR count). The lowest BCUT2D eigenvalue weighted by Gasteiger charge is -2.09. The van der Waals surface area contributed by atoms with Crippen LogP contribution >= 0.6 is 0 Å². The first-order valence-electron chi connectivity index (χ1n) is 15.5. The van der Waals surface area contributed by atoms with Crippen LogP contribution in [0, 0.1) is 0 Å². The van der Waals surface area contributed by atoms with Gasteiger partial charge in [-0.15, -0.1) is 0 Å². The van der Waals surface area contributed by atoms with Crippen molar-refractivity contribution in [3.63, 3.8) is 0 Å². The molecule has 0 saturated heterocycles. The van der Waals surface area contributed by atoms with Crippen LogP contribution in [0.1, 0.15) is 26.3 Å². The summed E-state index contributed by atoms with van der Waals surface area (Å²) < 4.78 is 18.0. The molecule has 0 unspecified atom stereocenters. The summed E-state index contributed by atoms with van der Waals surface area (Å²) in [5.41, 5.74) is 5.71. The third-order valence-corrected chi connectivity index (χ3v) is 7.03. The van der Waals surface area contributed by atoms with Crippen molar-refractivity contribution in [3.8, 4) is 0 Å². The molecule has 7 N–H and O–H groups in total. The quantitative estimate of drug-likeness (QED) is 0.0505. The summed E-state index contributed by atoms with van der Waals surface area (Å²) in [5.74, 6) is 0.289. The summed E-state index contributed by atoms with van der Waals surface area (Å²) in [6.07, 6.45) is -1.83. The average molecular weight is 749 g/mol. The number of hydrogen-bond acceptors (Lipinski definition) is 14. The van der Waals surface area contributed by atoms with Crippen molar-refractivity contribution in [2.24, 2.45) is 0 Å². The molecule has 0 aliphatic rings. The minimum absolute atomic E-state index is 0.0920. The van der Waals surface area contributed by atoms with Crippen molar-refractivity contribution in [1.82, 2.24) is 34.8 Å². The Morgan fingerprint density at radius 1 is 0.611 bits per heavy atom. The maximum Gasteiger partial charge on any atom is 0.413 e. The summed E-state index contributed by atoms with van der Waals surface area (Å²) in [4.78, 5) is 82.8. The summed E-state index contributed by atoms with van der Waals surface area (Å²) in [5, 5.41) is 15.6. The first kappa shape index (κ1) is 39.5. The van der Waals surface area contributed by atoms with E-state index in [9.17, 15) is 24.0 Å². The summed E-state index contributed by atoms with van der Waals surface area (Å²) in [6, 6.07) is 15.2. The van der Waals surface area contributed by atoms with Crippen LogP contribution in [-0.4, -0.2) is 113 Å². The van der Waals surface area contributed by atoms with E-state index in [1.807, 2.05) is 0 Å². The molecule has 0 aliphatic heterocycles. The number of rotatable bonds is 7. The van der Waals surface area contributed by atoms with Crippen LogP contribution < -0.4 is 16.0 Å². The number of aromatic nitrogens is 6. The molecule has 0 radical (unpaired) electrons. The Hall–Kier alpha value is -7.26. The Kier molecular flexibility index (Phi) is 13.4. The van der Waals surface area contributed by atoms with Gasteiger partial charge in [0.05, 0.1) is 67.1 Å². The van der Waals surface area contributed by atoms with E-state index < -0.39 is 24.2 Å². The second-order valence-corrected chi connectivity index (χ2v) is 10.9. The number of amides is 4. The Morgan fingerprint density at radius 3 is 1.43 bits per heavy atom. The van der Waals surface area contributed by atoms with E-state index in [0.29, 0.717) is 44.7 Å². The Balaban J connectivity index is 0.000000181. The molecule has 0 atom stereocenters. The zero-order valence-corrected chi connectivity index (χ0v) is 29.7. The zero-order chi connectivity index (χ0) is 39.4. The van der Waals surface area contributed by atoms with Gasteiger partial charge in [0.15, 0.2) is 0 Å². The van der Waals surface area contributed by atoms with Gasteiger partial charge in [0, 0.05) is 19.7 Å². The van der Waals surface area contributed by atoms with Gasteiger partial charge in [-0.25, -0.2) is 39.0 Å². The third kappa shape index (κ3) is 10.4. The number of imidazole rings is 3. The fourth-order valence-electron chi connectivity index (χ4n) is 4.50. The van der Waals surface area contributed by atoms with Crippen LogP contribution in [0.15, 0.2) is 54.6 Å². The fourth-order valence-corrected chi connectivity index (χ4v) is 4.50. The molecule has 21 heteroatoms. The molecule has 21 nitrogen and oxygen atoms in total. The number of aromatic amines is 3. The predicted octanol–water partition coefficient (Wildman–Crippen LogP) is 4.70. The van der Waals surface area contributed by atoms with Crippen LogP contribution in [0.25, 0.3) is 33.1 Å². The monoisotopic (exact) mass is 748 g/mol. The Labute approximate surface area is 305 Å². The van der Waals surface area contributed by atoms with Gasteiger partial charge in [-0.1, -0.05) is 6.07 Å². The molecule has 0 bridgehead atoms. The molecule has 3 aromatic carbocycles. The molecule has 0 fully saturated rings. The molecule has 3 heterocycles. The molecule has 0 saturated carbocycles. The minimum atomic E-state index is -0.623. The van der Waals surface area contributed by atoms with Crippen LogP contribution in [-0.2, 0) is 30.4 Å². The predicted molar refractivity (Wildman–Crippen MR) is 193 cm³/mol. The SMILES string of the molecule is COC(=O)Nc1nc2ccc(C(=O)N(C)C)cc2[nH]1.COC(=O)Nc1nc2ccc(C(=O)OC)cc2[nH]1.COC(=O)Nc1nc2ccc(COO)cc2[nH]1. The number of methoxy groups -OCH3 is 4. The van der Waals surface area contributed by atoms with Crippen molar-refractivity contribution < 1.29 is 53.1 Å². The lowest BCUT2D eigenvalue weighted by atomic mass is 10.2. The van der Waals surface area contributed by atoms with Crippen molar-refractivity contribution in [2.45, 2.75) is 6.61 Å². The largest absolute Gasteiger partial charge is 0.465 e. The molecule has 0 spiro atoms. The Morgan fingerprint density at radius 2 is 1.02 bits per heavy atom. The maximum atomic E-state index is 11.8. The standard InChI is InChI=1S/C12H14N4O3.C11H11N3O4.C10H11N3O4/c1-16(2)10(17)7-4-5-8-9(6-7)14-11(13-8)15-12(18)19-3;1-17-9(15)6-3-4-7-8(5-6)13-10(12-7)14-11(16)18-2;1-16-10(14)13-9-11-7-3-2-6(5-17-15)4-8(7)12-9/h4-6H,1-3H3,(H2,13,14,15,18);3-5H,1-2H3,(H2,12,13,14,16);2-4,15H,5H2,1H3,(H2,11,12,13,14). The fraction of sp³-hybridized carbons (Fsp3) is 0.212. The van der Waals surface area contributed by atoms with Crippen molar-refractivity contribution >= 4 is 81.1 Å². The van der Waals surface area contributed by atoms with E-state index in [4.69, 9.17) is 5.26 Å². The molecule has 54 heavy (non-hydrogen) atoms. The van der Waals surface area contributed by atoms with E-state index in [-0.39, 0.29) is 24.4 Å². The molecular formula is C33H36N10O11. The number of fused-ring (bicyclic) bond motifs is 3. The minimum Gasteiger partial charge on any atom is -0.465 e. The van der Waals surface area contributed by atoms with Gasteiger partial charge in [0.1, 0.15) is 6.61 Å². The van der Waals surface area contributed by atoms with E-state index in [2.05, 4.69) is 69.7 Å². The van der Waals surface area contributed by atoms with Gasteiger partial charge in [0.25, 0.3) is 5.91 Å². The number of nitrogens with zero attached hydrogens (tertiary/aromatic N) is 4. The number of carbonyl (C=O) groups is 5. The van der Waals surface area contributed by atoms with Crippen molar-refractivity contribution in [2.75, 3.05) is 58.5 Å². The van der Waals surface area contributed by atoms with Crippen molar-refractivity contribution in [1.29, 1.82) is 0 Å². The topological polar surface area (TPSA) is 277 Å². The van der Waals surface area contributed by atoms with E-state index >= 15 is 0 Å². The van der Waals surface area contributed by atoms with E-state index in [1.165, 1.54) is 33.3 Å². The van der Waals surface area contributed by atoms with Gasteiger partial charge in [-0.05, 0) is 54.1 Å². The normalized spacial score (nSPS) is 10.3. The highest BCUT2D eigenvalue weighted by molar-refractivity contribution is 5.98. The van der Waals surface area contributed by atoms with E-state index in [1.54, 1.807) is 68.7 Å². The number of anilines is 3. The van der Waals surface area contributed by atoms with Crippen molar-refractivity contribution in [3.05, 3.63) is 71.3 Å². The molecular weight excluding hydrogens is 712 g/mol. The zero-order valence-electron chi connectivity index (χ0n) is 29.7. The second kappa shape index (κ2) is 18.3. The number of esters is 1. The molecule has 0 aliphatic carbocycles. The smallest absolute Gasteiger partial charge is 0.413 e. The summed E-state index contributed by atoms with van der Waals surface area (Å²) >= 11 is 0. The van der Waals surface area contributed by atoms with Crippen LogP contribution in [0.4, 0.5) is 32.2 Å². The molecule has 284 valence electrons. The van der Waals surface area contributed by atoms with Gasteiger partial charge in [0.2, 0.25) is 17.8 Å². The highest BCUT2D eigenvalue weighted by atomic mass is 17.1. The number of carbonyl (C=O) groups excluding carboxylic acids is 5. The number of nitrogens with one attached hydrogen (secondary N) is 6. The van der Waals surface area contributed by atoms with Crippen LogP contribution in [0.2, 0.25) is 0 Å². The number of ether oxygens (including phenoxy) is 4. The summed E-state index contributed by atoms with van der Waals surface area (Å²) in [6.45, 7) is 0.0920.